The fraction of sp³-hybridized carbons (Fsp3) is 0.292. The van der Waals surface area contributed by atoms with Crippen molar-refractivity contribution in [1.29, 1.82) is 0 Å². The average Bonchev–Trinajstić information content (AvgIpc) is 3.13. The number of aliphatic imine (C=N–C) groups is 1. The Hall–Kier alpha value is -2.45. The van der Waals surface area contributed by atoms with Crippen molar-refractivity contribution < 1.29 is 4.74 Å². The number of nitrogens with zero attached hydrogens (tertiary/aromatic N) is 1. The molecule has 26 heavy (non-hydrogen) atoms. The standard InChI is InChI=1S/C18H13N.C2H6O.2C2H6/c1-2-6-13(7-3-1)17-12-16-10-14-8-4-5-9-15(14)11-18(16)19-17;1-3-2;2*1-2/h1-11H,12H2;1-2H3;2*1-2H3. The van der Waals surface area contributed by atoms with Gasteiger partial charge in [0.2, 0.25) is 0 Å². The molecule has 4 rings (SSSR count). The predicted molar refractivity (Wildman–Crippen MR) is 116 cm³/mol. The fourth-order valence-corrected chi connectivity index (χ4v) is 2.68. The van der Waals surface area contributed by atoms with Gasteiger partial charge in [-0.05, 0) is 34.0 Å². The van der Waals surface area contributed by atoms with Gasteiger partial charge in [0.15, 0.2) is 0 Å². The maximum Gasteiger partial charge on any atom is 0.0675 e. The third kappa shape index (κ3) is 5.53. The van der Waals surface area contributed by atoms with Crippen LogP contribution in [0.1, 0.15) is 38.8 Å². The van der Waals surface area contributed by atoms with Gasteiger partial charge in [-0.3, -0.25) is 4.99 Å². The van der Waals surface area contributed by atoms with Crippen molar-refractivity contribution in [1.82, 2.24) is 0 Å². The summed E-state index contributed by atoms with van der Waals surface area (Å²) in [6.07, 6.45) is 0.935. The van der Waals surface area contributed by atoms with Crippen molar-refractivity contribution >= 4 is 22.2 Å². The number of methoxy groups -OCH3 is 1. The summed E-state index contributed by atoms with van der Waals surface area (Å²) in [5.41, 5.74) is 4.85. The van der Waals surface area contributed by atoms with E-state index < -0.39 is 0 Å². The van der Waals surface area contributed by atoms with E-state index in [0.29, 0.717) is 0 Å². The number of rotatable bonds is 1. The molecule has 3 aromatic carbocycles. The molecule has 0 saturated heterocycles. The molecule has 0 saturated carbocycles. The van der Waals surface area contributed by atoms with Gasteiger partial charge in [0.25, 0.3) is 0 Å². The van der Waals surface area contributed by atoms with Gasteiger partial charge >= 0.3 is 0 Å². The molecule has 0 radical (unpaired) electrons. The van der Waals surface area contributed by atoms with Gasteiger partial charge in [-0.15, -0.1) is 0 Å². The first kappa shape index (κ1) is 21.6. The second-order valence-corrected chi connectivity index (χ2v) is 5.34. The van der Waals surface area contributed by atoms with Crippen LogP contribution >= 0.6 is 0 Å². The van der Waals surface area contributed by atoms with E-state index in [1.54, 1.807) is 14.2 Å². The topological polar surface area (TPSA) is 21.6 Å². The Labute approximate surface area is 158 Å². The van der Waals surface area contributed by atoms with E-state index in [-0.39, 0.29) is 0 Å². The quantitative estimate of drug-likeness (QED) is 0.472. The van der Waals surface area contributed by atoms with Crippen LogP contribution in [-0.4, -0.2) is 19.9 Å². The second-order valence-electron chi connectivity index (χ2n) is 5.34. The molecule has 0 amide bonds. The van der Waals surface area contributed by atoms with Crippen LogP contribution in [-0.2, 0) is 11.2 Å². The van der Waals surface area contributed by atoms with Crippen LogP contribution in [0.15, 0.2) is 71.7 Å². The van der Waals surface area contributed by atoms with Gasteiger partial charge in [-0.1, -0.05) is 82.3 Å². The van der Waals surface area contributed by atoms with Crippen molar-refractivity contribution in [3.63, 3.8) is 0 Å². The molecular weight excluding hydrogens is 318 g/mol. The lowest BCUT2D eigenvalue weighted by molar-refractivity contribution is 0.277. The minimum absolute atomic E-state index is 0.935. The highest BCUT2D eigenvalue weighted by atomic mass is 16.4. The normalized spacial score (nSPS) is 10.9. The van der Waals surface area contributed by atoms with Crippen molar-refractivity contribution in [3.8, 4) is 0 Å². The predicted octanol–water partition coefficient (Wildman–Crippen LogP) is 6.83. The first-order valence-electron chi connectivity index (χ1n) is 9.36. The maximum absolute atomic E-state index is 4.79. The molecule has 1 aliphatic heterocycles. The smallest absolute Gasteiger partial charge is 0.0675 e. The average molecular weight is 350 g/mol. The van der Waals surface area contributed by atoms with E-state index >= 15 is 0 Å². The maximum atomic E-state index is 4.79. The highest BCUT2D eigenvalue weighted by Crippen LogP contribution is 2.32. The lowest BCUT2D eigenvalue weighted by atomic mass is 10.0. The van der Waals surface area contributed by atoms with Crippen LogP contribution in [0, 0.1) is 0 Å². The van der Waals surface area contributed by atoms with Gasteiger partial charge < -0.3 is 4.74 Å². The molecule has 0 aliphatic carbocycles. The zero-order chi connectivity index (χ0) is 19.4. The van der Waals surface area contributed by atoms with E-state index in [1.807, 2.05) is 33.8 Å². The van der Waals surface area contributed by atoms with Crippen LogP contribution in [0.2, 0.25) is 0 Å². The molecule has 0 atom stereocenters. The van der Waals surface area contributed by atoms with Crippen LogP contribution in [0.3, 0.4) is 0 Å². The number of hydrogen-bond donors (Lipinski definition) is 0. The van der Waals surface area contributed by atoms with Crippen molar-refractivity contribution in [2.45, 2.75) is 34.1 Å². The summed E-state index contributed by atoms with van der Waals surface area (Å²) in [7, 11) is 3.25. The Balaban J connectivity index is 0.000000431. The highest BCUT2D eigenvalue weighted by molar-refractivity contribution is 6.07. The monoisotopic (exact) mass is 349 g/mol. The third-order valence-electron chi connectivity index (χ3n) is 3.67. The summed E-state index contributed by atoms with van der Waals surface area (Å²) in [6.45, 7) is 8.00. The number of fused-ring (bicyclic) bond motifs is 2. The Morgan fingerprint density at radius 1 is 0.731 bits per heavy atom. The fourth-order valence-electron chi connectivity index (χ4n) is 2.68. The molecule has 0 unspecified atom stereocenters. The van der Waals surface area contributed by atoms with Crippen LogP contribution in [0.5, 0.6) is 0 Å². The summed E-state index contributed by atoms with van der Waals surface area (Å²) in [6, 6.07) is 23.4. The molecule has 0 spiro atoms. The summed E-state index contributed by atoms with van der Waals surface area (Å²) in [5.74, 6) is 0. The van der Waals surface area contributed by atoms with E-state index in [9.17, 15) is 0 Å². The molecular formula is C24H31NO. The van der Waals surface area contributed by atoms with Gasteiger partial charge in [0.05, 0.1) is 11.4 Å². The van der Waals surface area contributed by atoms with Crippen molar-refractivity contribution in [2.75, 3.05) is 14.2 Å². The molecule has 1 aliphatic rings. The second kappa shape index (κ2) is 12.0. The van der Waals surface area contributed by atoms with E-state index in [1.165, 1.54) is 27.6 Å². The van der Waals surface area contributed by atoms with Gasteiger partial charge in [0.1, 0.15) is 0 Å². The number of hydrogen-bond acceptors (Lipinski definition) is 2. The van der Waals surface area contributed by atoms with Crippen molar-refractivity contribution in [2.24, 2.45) is 4.99 Å². The van der Waals surface area contributed by atoms with Crippen LogP contribution in [0.25, 0.3) is 10.8 Å². The Kier molecular flexibility index (Phi) is 9.96. The highest BCUT2D eigenvalue weighted by Gasteiger charge is 2.16. The summed E-state index contributed by atoms with van der Waals surface area (Å²) in [5, 5.41) is 2.56. The Morgan fingerprint density at radius 2 is 1.23 bits per heavy atom. The number of ether oxygens (including phenoxy) is 1. The van der Waals surface area contributed by atoms with E-state index in [0.717, 1.165) is 12.1 Å². The Morgan fingerprint density at radius 3 is 1.81 bits per heavy atom. The molecule has 0 aromatic heterocycles. The molecule has 0 bridgehead atoms. The molecule has 0 fully saturated rings. The summed E-state index contributed by atoms with van der Waals surface area (Å²) < 4.78 is 4.25. The number of benzene rings is 3. The first-order valence-corrected chi connectivity index (χ1v) is 9.36. The molecule has 2 nitrogen and oxygen atoms in total. The van der Waals surface area contributed by atoms with Gasteiger partial charge in [0, 0.05) is 20.6 Å². The first-order chi connectivity index (χ1) is 12.8. The third-order valence-corrected chi connectivity index (χ3v) is 3.67. The van der Waals surface area contributed by atoms with Crippen LogP contribution in [0.4, 0.5) is 5.69 Å². The summed E-state index contributed by atoms with van der Waals surface area (Å²) in [4.78, 5) is 4.79. The molecule has 3 aromatic rings. The van der Waals surface area contributed by atoms with Crippen molar-refractivity contribution in [3.05, 3.63) is 77.9 Å². The molecule has 138 valence electrons. The zero-order valence-electron chi connectivity index (χ0n) is 16.9. The lowest BCUT2D eigenvalue weighted by Gasteiger charge is -2.01. The Bertz CT molecular complexity index is 807. The SMILES string of the molecule is CC.CC.COC.c1ccc(C2=Nc3cc4ccccc4cc3C2)cc1. The zero-order valence-corrected chi connectivity index (χ0v) is 16.9. The lowest BCUT2D eigenvalue weighted by Crippen LogP contribution is -1.99. The van der Waals surface area contributed by atoms with E-state index in [2.05, 4.69) is 65.4 Å². The molecule has 0 N–H and O–H groups in total. The minimum Gasteiger partial charge on any atom is -0.388 e. The molecule has 2 heteroatoms. The van der Waals surface area contributed by atoms with Crippen LogP contribution < -0.4 is 0 Å². The van der Waals surface area contributed by atoms with E-state index in [4.69, 9.17) is 4.99 Å². The minimum atomic E-state index is 0.935. The van der Waals surface area contributed by atoms with Gasteiger partial charge in [-0.25, -0.2) is 0 Å². The largest absolute Gasteiger partial charge is 0.388 e. The summed E-state index contributed by atoms with van der Waals surface area (Å²) >= 11 is 0. The van der Waals surface area contributed by atoms with Gasteiger partial charge in [-0.2, -0.15) is 0 Å². The molecule has 1 heterocycles.